The first-order valence-electron chi connectivity index (χ1n) is 3.90. The molecule has 0 heterocycles. The molecule has 0 bridgehead atoms. The second-order valence-electron chi connectivity index (χ2n) is 2.68. The first-order chi connectivity index (χ1) is 7.34. The normalized spacial score (nSPS) is 10.1. The molecule has 0 amide bonds. The Morgan fingerprint density at radius 2 is 2.00 bits per heavy atom. The van der Waals surface area contributed by atoms with Crippen molar-refractivity contribution < 1.29 is 22.7 Å². The van der Waals surface area contributed by atoms with Crippen molar-refractivity contribution in [3.05, 3.63) is 28.8 Å². The van der Waals surface area contributed by atoms with Crippen LogP contribution >= 0.6 is 24.0 Å². The zero-order valence-electron chi connectivity index (χ0n) is 8.05. The summed E-state index contributed by atoms with van der Waals surface area (Å²) in [7, 11) is 0. The lowest BCUT2D eigenvalue weighted by atomic mass is 10.2. The average molecular weight is 285 g/mol. The van der Waals surface area contributed by atoms with Crippen LogP contribution in [0.5, 0.6) is 5.75 Å². The molecule has 0 radical (unpaired) electrons. The van der Waals surface area contributed by atoms with Gasteiger partial charge in [-0.3, -0.25) is 0 Å². The summed E-state index contributed by atoms with van der Waals surface area (Å²) in [4.78, 5) is 10.7. The molecule has 0 atom stereocenters. The van der Waals surface area contributed by atoms with Crippen LogP contribution in [-0.2, 0) is 11.0 Å². The molecule has 0 saturated heterocycles. The van der Waals surface area contributed by atoms with Crippen molar-refractivity contribution in [2.45, 2.75) is 6.18 Å². The summed E-state index contributed by atoms with van der Waals surface area (Å²) in [6.07, 6.45) is 0.220. The molecule has 0 fully saturated rings. The van der Waals surface area contributed by atoms with E-state index in [1.54, 1.807) is 5.92 Å². The first-order valence-corrected chi connectivity index (χ1v) is 4.27. The molecule has 2 nitrogen and oxygen atoms in total. The van der Waals surface area contributed by atoms with E-state index < -0.39 is 17.7 Å². The topological polar surface area (TPSA) is 26.3 Å². The van der Waals surface area contributed by atoms with E-state index >= 15 is 0 Å². The number of hydrogen-bond donors (Lipinski definition) is 0. The predicted octanol–water partition coefficient (Wildman–Crippen LogP) is 3.32. The van der Waals surface area contributed by atoms with Gasteiger partial charge in [0.2, 0.25) is 0 Å². The van der Waals surface area contributed by atoms with Crippen molar-refractivity contribution in [3.63, 3.8) is 0 Å². The third-order valence-corrected chi connectivity index (χ3v) is 1.88. The highest BCUT2D eigenvalue weighted by atomic mass is 35.5. The second kappa shape index (κ2) is 5.80. The van der Waals surface area contributed by atoms with Crippen LogP contribution in [0.3, 0.4) is 0 Å². The maximum atomic E-state index is 12.2. The zero-order chi connectivity index (χ0) is 12.3. The Bertz CT molecular complexity index is 464. The average Bonchev–Trinajstić information content (AvgIpc) is 2.19. The van der Waals surface area contributed by atoms with E-state index in [0.717, 1.165) is 12.1 Å². The number of carbonyl (C=O) groups is 1. The third-order valence-electron chi connectivity index (χ3n) is 1.58. The Morgan fingerprint density at radius 1 is 1.41 bits per heavy atom. The van der Waals surface area contributed by atoms with Crippen molar-refractivity contribution in [2.24, 2.45) is 0 Å². The third kappa shape index (κ3) is 4.17. The summed E-state index contributed by atoms with van der Waals surface area (Å²) in [5.74, 6) is 0.407. The van der Waals surface area contributed by atoms with Crippen LogP contribution in [0.4, 0.5) is 13.2 Å². The van der Waals surface area contributed by atoms with Gasteiger partial charge in [-0.25, -0.2) is 4.79 Å². The van der Waals surface area contributed by atoms with Crippen molar-refractivity contribution in [2.75, 3.05) is 0 Å². The van der Waals surface area contributed by atoms with Gasteiger partial charge < -0.3 is 4.74 Å². The van der Waals surface area contributed by atoms with Gasteiger partial charge >= 0.3 is 12.1 Å². The van der Waals surface area contributed by atoms with E-state index in [1.807, 2.05) is 0 Å². The Morgan fingerprint density at radius 3 is 2.41 bits per heavy atom. The standard InChI is InChI=1S/C10H4ClF3O2.ClH/c1-2-9(15)16-8-4-3-6(5-7(8)11)10(12,13)14;/h1,3-5H;1H. The SMILES string of the molecule is C#CC(=O)Oc1ccc(C(F)(F)F)cc1Cl.Cl. The number of rotatable bonds is 1. The number of ether oxygens (including phenoxy) is 1. The summed E-state index contributed by atoms with van der Waals surface area (Å²) < 4.78 is 41.2. The van der Waals surface area contributed by atoms with Gasteiger partial charge in [-0.15, -0.1) is 18.8 Å². The fourth-order valence-corrected chi connectivity index (χ4v) is 1.11. The van der Waals surface area contributed by atoms with Gasteiger partial charge in [0.25, 0.3) is 0 Å². The molecule has 0 aromatic heterocycles. The maximum absolute atomic E-state index is 12.2. The fraction of sp³-hybridized carbons (Fsp3) is 0.100. The highest BCUT2D eigenvalue weighted by Gasteiger charge is 2.31. The van der Waals surface area contributed by atoms with Gasteiger partial charge in [-0.2, -0.15) is 13.2 Å². The number of halogens is 5. The molecule has 7 heteroatoms. The minimum atomic E-state index is -4.50. The van der Waals surface area contributed by atoms with Crippen molar-refractivity contribution >= 4 is 30.0 Å². The number of benzene rings is 1. The maximum Gasteiger partial charge on any atom is 0.416 e. The minimum absolute atomic E-state index is 0. The molecule has 0 aliphatic carbocycles. The van der Waals surface area contributed by atoms with E-state index in [-0.39, 0.29) is 23.2 Å². The van der Waals surface area contributed by atoms with Gasteiger partial charge in [0.1, 0.15) is 0 Å². The van der Waals surface area contributed by atoms with Crippen LogP contribution < -0.4 is 4.74 Å². The van der Waals surface area contributed by atoms with E-state index in [0.29, 0.717) is 6.07 Å². The van der Waals surface area contributed by atoms with E-state index in [4.69, 9.17) is 18.0 Å². The van der Waals surface area contributed by atoms with Crippen molar-refractivity contribution in [1.29, 1.82) is 0 Å². The smallest absolute Gasteiger partial charge is 0.415 e. The molecule has 17 heavy (non-hydrogen) atoms. The first kappa shape index (κ1) is 15.6. The molecular weight excluding hydrogens is 280 g/mol. The summed E-state index contributed by atoms with van der Waals surface area (Å²) in [5.41, 5.74) is -0.932. The summed E-state index contributed by atoms with van der Waals surface area (Å²) >= 11 is 5.49. The predicted molar refractivity (Wildman–Crippen MR) is 58.2 cm³/mol. The Kier molecular flexibility index (Phi) is 5.33. The molecule has 0 unspecified atom stereocenters. The van der Waals surface area contributed by atoms with Crippen molar-refractivity contribution in [3.8, 4) is 18.1 Å². The lowest BCUT2D eigenvalue weighted by Gasteiger charge is -2.08. The molecule has 0 N–H and O–H groups in total. The van der Waals surface area contributed by atoms with Gasteiger partial charge in [-0.05, 0) is 18.2 Å². The molecule has 0 aliphatic heterocycles. The van der Waals surface area contributed by atoms with Crippen molar-refractivity contribution in [1.82, 2.24) is 0 Å². The molecular formula is C10H5Cl2F3O2. The summed E-state index contributed by atoms with van der Waals surface area (Å²) in [6.45, 7) is 0. The highest BCUT2D eigenvalue weighted by Crippen LogP contribution is 2.34. The lowest BCUT2D eigenvalue weighted by Crippen LogP contribution is -2.07. The number of carbonyl (C=O) groups excluding carboxylic acids is 1. The number of alkyl halides is 3. The van der Waals surface area contributed by atoms with Crippen LogP contribution in [0.2, 0.25) is 5.02 Å². The van der Waals surface area contributed by atoms with Crippen LogP contribution in [0.1, 0.15) is 5.56 Å². The monoisotopic (exact) mass is 284 g/mol. The van der Waals surface area contributed by atoms with Gasteiger partial charge in [-0.1, -0.05) is 11.6 Å². The van der Waals surface area contributed by atoms with E-state index in [2.05, 4.69) is 4.74 Å². The van der Waals surface area contributed by atoms with E-state index in [1.165, 1.54) is 0 Å². The zero-order valence-corrected chi connectivity index (χ0v) is 9.62. The number of esters is 1. The number of hydrogen-bond acceptors (Lipinski definition) is 2. The van der Waals surface area contributed by atoms with Crippen LogP contribution in [-0.4, -0.2) is 5.97 Å². The van der Waals surface area contributed by atoms with Crippen LogP contribution in [0, 0.1) is 12.3 Å². The molecule has 1 rings (SSSR count). The molecule has 0 saturated carbocycles. The number of terminal acetylenes is 1. The Balaban J connectivity index is 0.00000256. The fourth-order valence-electron chi connectivity index (χ4n) is 0.889. The second-order valence-corrected chi connectivity index (χ2v) is 3.08. The largest absolute Gasteiger partial charge is 0.416 e. The Hall–Kier alpha value is -1.38. The molecule has 0 spiro atoms. The molecule has 1 aromatic carbocycles. The molecule has 0 aliphatic rings. The van der Waals surface area contributed by atoms with Crippen LogP contribution in [0.25, 0.3) is 0 Å². The minimum Gasteiger partial charge on any atom is -0.415 e. The molecule has 92 valence electrons. The van der Waals surface area contributed by atoms with Gasteiger partial charge in [0.15, 0.2) is 5.75 Å². The Labute approximate surface area is 106 Å². The van der Waals surface area contributed by atoms with E-state index in [9.17, 15) is 18.0 Å². The highest BCUT2D eigenvalue weighted by molar-refractivity contribution is 6.32. The quantitative estimate of drug-likeness (QED) is 0.342. The summed E-state index contributed by atoms with van der Waals surface area (Å²) in [5, 5.41) is -0.335. The molecule has 1 aromatic rings. The van der Waals surface area contributed by atoms with Gasteiger partial charge in [0.05, 0.1) is 10.6 Å². The van der Waals surface area contributed by atoms with Crippen LogP contribution in [0.15, 0.2) is 18.2 Å². The summed E-state index contributed by atoms with van der Waals surface area (Å²) in [6, 6.07) is 2.33. The van der Waals surface area contributed by atoms with Gasteiger partial charge in [0, 0.05) is 5.92 Å². The lowest BCUT2D eigenvalue weighted by molar-refractivity contribution is -0.137.